The van der Waals surface area contributed by atoms with E-state index in [1.54, 1.807) is 11.1 Å². The molecule has 1 aliphatic rings. The second-order valence-corrected chi connectivity index (χ2v) is 6.75. The molecule has 23 heavy (non-hydrogen) atoms. The number of hydrogen-bond acceptors (Lipinski definition) is 4. The van der Waals surface area contributed by atoms with Crippen molar-refractivity contribution in [3.8, 4) is 0 Å². The minimum absolute atomic E-state index is 0.0107. The number of nitrogens with zero attached hydrogens (tertiary/aromatic N) is 2. The minimum Gasteiger partial charge on any atom is -0.339 e. The van der Waals surface area contributed by atoms with Gasteiger partial charge in [-0.05, 0) is 42.4 Å². The van der Waals surface area contributed by atoms with E-state index < -0.39 is 0 Å². The number of hydrogen-bond donors (Lipinski definition) is 1. The molecule has 0 radical (unpaired) electrons. The normalized spacial score (nSPS) is 15.3. The average molecular weight is 333 g/mol. The molecule has 2 amide bonds. The van der Waals surface area contributed by atoms with Crippen molar-refractivity contribution in [3.05, 3.63) is 36.5 Å². The SMILES string of the molecule is C=CC(=O)N1CCC(C(=O)Nc2cc(CSCC)ccn2)CC1. The maximum Gasteiger partial charge on any atom is 0.245 e. The van der Waals surface area contributed by atoms with E-state index in [2.05, 4.69) is 23.8 Å². The number of likely N-dealkylation sites (tertiary alicyclic amines) is 1. The quantitative estimate of drug-likeness (QED) is 0.813. The highest BCUT2D eigenvalue weighted by molar-refractivity contribution is 7.98. The predicted molar refractivity (Wildman–Crippen MR) is 94.2 cm³/mol. The molecule has 2 rings (SSSR count). The van der Waals surface area contributed by atoms with Crippen LogP contribution in [0.25, 0.3) is 0 Å². The van der Waals surface area contributed by atoms with Crippen LogP contribution in [0.15, 0.2) is 31.0 Å². The third kappa shape index (κ3) is 5.10. The first kappa shape index (κ1) is 17.5. The molecule has 0 unspecified atom stereocenters. The average Bonchev–Trinajstić information content (AvgIpc) is 2.59. The zero-order chi connectivity index (χ0) is 16.7. The Hall–Kier alpha value is -1.82. The van der Waals surface area contributed by atoms with Crippen molar-refractivity contribution < 1.29 is 9.59 Å². The number of rotatable bonds is 6. The molecule has 0 saturated carbocycles. The van der Waals surface area contributed by atoms with Gasteiger partial charge in [-0.3, -0.25) is 9.59 Å². The third-order valence-corrected chi connectivity index (χ3v) is 4.85. The van der Waals surface area contributed by atoms with Crippen molar-refractivity contribution in [1.82, 2.24) is 9.88 Å². The molecule has 2 heterocycles. The fourth-order valence-corrected chi connectivity index (χ4v) is 3.19. The molecule has 0 atom stereocenters. The van der Waals surface area contributed by atoms with Gasteiger partial charge < -0.3 is 10.2 Å². The van der Waals surface area contributed by atoms with Gasteiger partial charge in [0.05, 0.1) is 0 Å². The monoisotopic (exact) mass is 333 g/mol. The highest BCUT2D eigenvalue weighted by Gasteiger charge is 2.26. The molecule has 6 heteroatoms. The van der Waals surface area contributed by atoms with Crippen LogP contribution in [0, 0.1) is 5.92 Å². The number of thioether (sulfide) groups is 1. The van der Waals surface area contributed by atoms with Crippen LogP contribution in [0.5, 0.6) is 0 Å². The summed E-state index contributed by atoms with van der Waals surface area (Å²) in [4.78, 5) is 29.9. The standard InChI is InChI=1S/C17H23N3O2S/c1-3-16(21)20-9-6-14(7-10-20)17(22)19-15-11-13(5-8-18-15)12-23-4-2/h3,5,8,11,14H,1,4,6-7,9-10,12H2,2H3,(H,18,19,22). The van der Waals surface area contributed by atoms with E-state index in [1.807, 2.05) is 23.9 Å². The number of aromatic nitrogens is 1. The maximum atomic E-state index is 12.4. The van der Waals surface area contributed by atoms with Gasteiger partial charge in [-0.25, -0.2) is 4.98 Å². The number of amides is 2. The van der Waals surface area contributed by atoms with Gasteiger partial charge in [0.1, 0.15) is 5.82 Å². The molecule has 1 aromatic rings. The minimum atomic E-state index is -0.0701. The van der Waals surface area contributed by atoms with Crippen molar-refractivity contribution in [2.24, 2.45) is 5.92 Å². The largest absolute Gasteiger partial charge is 0.339 e. The second kappa shape index (κ2) is 8.72. The topological polar surface area (TPSA) is 62.3 Å². The van der Waals surface area contributed by atoms with Crippen LogP contribution in [-0.2, 0) is 15.3 Å². The van der Waals surface area contributed by atoms with Gasteiger partial charge in [0.25, 0.3) is 0 Å². The van der Waals surface area contributed by atoms with Crippen LogP contribution in [-0.4, -0.2) is 40.5 Å². The van der Waals surface area contributed by atoms with Crippen LogP contribution in [0.2, 0.25) is 0 Å². The number of anilines is 1. The van der Waals surface area contributed by atoms with E-state index in [1.165, 1.54) is 6.08 Å². The van der Waals surface area contributed by atoms with Crippen molar-refractivity contribution in [1.29, 1.82) is 0 Å². The van der Waals surface area contributed by atoms with E-state index >= 15 is 0 Å². The molecular weight excluding hydrogens is 310 g/mol. The Morgan fingerprint density at radius 1 is 1.48 bits per heavy atom. The predicted octanol–water partition coefficient (Wildman–Crippen LogP) is 2.70. The van der Waals surface area contributed by atoms with E-state index in [0.717, 1.165) is 17.1 Å². The molecule has 1 fully saturated rings. The smallest absolute Gasteiger partial charge is 0.245 e. The van der Waals surface area contributed by atoms with Crippen LogP contribution in [0.3, 0.4) is 0 Å². The van der Waals surface area contributed by atoms with E-state index in [9.17, 15) is 9.59 Å². The summed E-state index contributed by atoms with van der Waals surface area (Å²) >= 11 is 1.84. The number of nitrogens with one attached hydrogen (secondary N) is 1. The van der Waals surface area contributed by atoms with Gasteiger partial charge in [-0.15, -0.1) is 0 Å². The van der Waals surface area contributed by atoms with Crippen molar-refractivity contribution in [2.45, 2.75) is 25.5 Å². The Kier molecular flexibility index (Phi) is 6.65. The van der Waals surface area contributed by atoms with E-state index in [-0.39, 0.29) is 17.7 Å². The number of carbonyl (C=O) groups is 2. The van der Waals surface area contributed by atoms with Gasteiger partial charge in [0.2, 0.25) is 11.8 Å². The molecule has 1 aliphatic heterocycles. The molecular formula is C17H23N3O2S. The summed E-state index contributed by atoms with van der Waals surface area (Å²) in [5.74, 6) is 2.44. The van der Waals surface area contributed by atoms with Crippen LogP contribution >= 0.6 is 11.8 Å². The Balaban J connectivity index is 1.87. The Morgan fingerprint density at radius 2 is 2.22 bits per heavy atom. The molecule has 0 bridgehead atoms. The zero-order valence-electron chi connectivity index (χ0n) is 13.5. The Bertz CT molecular complexity index is 569. The third-order valence-electron chi connectivity index (χ3n) is 3.90. The lowest BCUT2D eigenvalue weighted by Gasteiger charge is -2.30. The fourth-order valence-electron chi connectivity index (χ4n) is 2.57. The molecule has 1 saturated heterocycles. The van der Waals surface area contributed by atoms with E-state index in [0.29, 0.717) is 31.7 Å². The lowest BCUT2D eigenvalue weighted by atomic mass is 9.96. The maximum absolute atomic E-state index is 12.4. The van der Waals surface area contributed by atoms with Gasteiger partial charge in [-0.2, -0.15) is 11.8 Å². The van der Waals surface area contributed by atoms with Crippen LogP contribution < -0.4 is 5.32 Å². The van der Waals surface area contributed by atoms with Crippen molar-refractivity contribution in [2.75, 3.05) is 24.2 Å². The molecule has 1 N–H and O–H groups in total. The summed E-state index contributed by atoms with van der Waals surface area (Å²) in [6.45, 7) is 6.82. The zero-order valence-corrected chi connectivity index (χ0v) is 14.3. The fraction of sp³-hybridized carbons (Fsp3) is 0.471. The van der Waals surface area contributed by atoms with Gasteiger partial charge >= 0.3 is 0 Å². The highest BCUT2D eigenvalue weighted by atomic mass is 32.2. The van der Waals surface area contributed by atoms with Crippen molar-refractivity contribution in [3.63, 3.8) is 0 Å². The lowest BCUT2D eigenvalue weighted by molar-refractivity contribution is -0.130. The van der Waals surface area contributed by atoms with Crippen molar-refractivity contribution >= 4 is 29.4 Å². The summed E-state index contributed by atoms with van der Waals surface area (Å²) in [5, 5.41) is 2.90. The molecule has 0 aromatic carbocycles. The Labute approximate surface area is 141 Å². The lowest BCUT2D eigenvalue weighted by Crippen LogP contribution is -2.40. The molecule has 1 aromatic heterocycles. The highest BCUT2D eigenvalue weighted by Crippen LogP contribution is 2.20. The number of carbonyl (C=O) groups excluding carboxylic acids is 2. The first-order valence-corrected chi connectivity index (χ1v) is 9.04. The molecule has 0 spiro atoms. The molecule has 124 valence electrons. The Morgan fingerprint density at radius 3 is 2.87 bits per heavy atom. The molecule has 5 nitrogen and oxygen atoms in total. The van der Waals surface area contributed by atoms with Gasteiger partial charge in [0, 0.05) is 31.0 Å². The summed E-state index contributed by atoms with van der Waals surface area (Å²) in [7, 11) is 0. The van der Waals surface area contributed by atoms with Crippen LogP contribution in [0.4, 0.5) is 5.82 Å². The number of pyridine rings is 1. The summed E-state index contributed by atoms with van der Waals surface area (Å²) in [6.07, 6.45) is 4.41. The summed E-state index contributed by atoms with van der Waals surface area (Å²) < 4.78 is 0. The van der Waals surface area contributed by atoms with Gasteiger partial charge in [-0.1, -0.05) is 13.5 Å². The second-order valence-electron chi connectivity index (χ2n) is 5.48. The van der Waals surface area contributed by atoms with Crippen LogP contribution in [0.1, 0.15) is 25.3 Å². The summed E-state index contributed by atoms with van der Waals surface area (Å²) in [6, 6.07) is 3.90. The van der Waals surface area contributed by atoms with E-state index in [4.69, 9.17) is 0 Å². The first-order chi connectivity index (χ1) is 11.1. The summed E-state index contributed by atoms with van der Waals surface area (Å²) in [5.41, 5.74) is 1.16. The molecule has 0 aliphatic carbocycles. The van der Waals surface area contributed by atoms with Gasteiger partial charge in [0.15, 0.2) is 0 Å². The number of piperidine rings is 1. The first-order valence-electron chi connectivity index (χ1n) is 7.89.